The van der Waals surface area contributed by atoms with E-state index in [2.05, 4.69) is 0 Å². The summed E-state index contributed by atoms with van der Waals surface area (Å²) < 4.78 is 21.6. The minimum Gasteiger partial charge on any atom is -0.374 e. The SMILES string of the molecule is CO[Si](/C=C\C(C)(C)OCCCN)(OC)OC. The van der Waals surface area contributed by atoms with Gasteiger partial charge in [0.25, 0.3) is 0 Å². The summed E-state index contributed by atoms with van der Waals surface area (Å²) in [5, 5.41) is 0. The van der Waals surface area contributed by atoms with E-state index in [1.54, 1.807) is 21.3 Å². The molecule has 6 heteroatoms. The van der Waals surface area contributed by atoms with Gasteiger partial charge in [-0.1, -0.05) is 6.08 Å². The third-order valence-corrected chi connectivity index (χ3v) is 4.65. The minimum absolute atomic E-state index is 0.386. The zero-order valence-corrected chi connectivity index (χ0v) is 12.5. The highest BCUT2D eigenvalue weighted by molar-refractivity contribution is 6.66. The zero-order valence-electron chi connectivity index (χ0n) is 11.5. The number of hydrogen-bond donors (Lipinski definition) is 1. The largest absolute Gasteiger partial charge is 0.528 e. The van der Waals surface area contributed by atoms with Gasteiger partial charge in [0.2, 0.25) is 0 Å². The second-order valence-electron chi connectivity index (χ2n) is 4.14. The molecule has 2 N–H and O–H groups in total. The van der Waals surface area contributed by atoms with Crippen molar-refractivity contribution in [2.45, 2.75) is 25.9 Å². The molecule has 0 bridgehead atoms. The summed E-state index contributed by atoms with van der Waals surface area (Å²) in [5.41, 5.74) is 6.86. The molecule has 0 aliphatic carbocycles. The van der Waals surface area contributed by atoms with Crippen molar-refractivity contribution in [2.24, 2.45) is 5.73 Å². The van der Waals surface area contributed by atoms with Gasteiger partial charge in [-0.15, -0.1) is 0 Å². The fraction of sp³-hybridized carbons (Fsp3) is 0.818. The molecule has 0 aliphatic rings. The summed E-state index contributed by atoms with van der Waals surface area (Å²) in [5.74, 6) is 0. The van der Waals surface area contributed by atoms with E-state index < -0.39 is 8.80 Å². The Morgan fingerprint density at radius 2 is 1.65 bits per heavy atom. The second kappa shape index (κ2) is 7.96. The van der Waals surface area contributed by atoms with Gasteiger partial charge in [0.15, 0.2) is 0 Å². The summed E-state index contributed by atoms with van der Waals surface area (Å²) in [6, 6.07) is 0. The summed E-state index contributed by atoms with van der Waals surface area (Å²) in [6.45, 7) is 5.21. The number of ether oxygens (including phenoxy) is 1. The van der Waals surface area contributed by atoms with Gasteiger partial charge in [-0.05, 0) is 32.5 Å². The van der Waals surface area contributed by atoms with E-state index in [1.807, 2.05) is 25.6 Å². The predicted molar refractivity (Wildman–Crippen MR) is 69.6 cm³/mol. The third kappa shape index (κ3) is 6.30. The van der Waals surface area contributed by atoms with Gasteiger partial charge >= 0.3 is 8.80 Å². The van der Waals surface area contributed by atoms with Crippen molar-refractivity contribution in [2.75, 3.05) is 34.5 Å². The molecule has 102 valence electrons. The molecular formula is C11H25NO4Si. The Kier molecular flexibility index (Phi) is 7.85. The molecule has 0 unspecified atom stereocenters. The smallest absolute Gasteiger partial charge is 0.374 e. The molecular weight excluding hydrogens is 238 g/mol. The molecule has 0 amide bonds. The first-order valence-electron chi connectivity index (χ1n) is 5.65. The van der Waals surface area contributed by atoms with Gasteiger partial charge in [0.1, 0.15) is 0 Å². The fourth-order valence-corrected chi connectivity index (χ4v) is 2.74. The summed E-state index contributed by atoms with van der Waals surface area (Å²) in [7, 11) is 2.07. The van der Waals surface area contributed by atoms with E-state index in [9.17, 15) is 0 Å². The molecule has 17 heavy (non-hydrogen) atoms. The van der Waals surface area contributed by atoms with Crippen LogP contribution in [0.5, 0.6) is 0 Å². The lowest BCUT2D eigenvalue weighted by Gasteiger charge is -2.25. The Morgan fingerprint density at radius 3 is 2.06 bits per heavy atom. The second-order valence-corrected chi connectivity index (χ2v) is 6.91. The van der Waals surface area contributed by atoms with E-state index >= 15 is 0 Å². The van der Waals surface area contributed by atoms with E-state index in [0.29, 0.717) is 13.2 Å². The van der Waals surface area contributed by atoms with Crippen molar-refractivity contribution in [1.82, 2.24) is 0 Å². The Balaban J connectivity index is 4.44. The molecule has 0 saturated heterocycles. The maximum absolute atomic E-state index is 5.69. The van der Waals surface area contributed by atoms with Crippen molar-refractivity contribution >= 4 is 8.80 Å². The Morgan fingerprint density at radius 1 is 1.12 bits per heavy atom. The Hall–Kier alpha value is -0.243. The van der Waals surface area contributed by atoms with Crippen molar-refractivity contribution in [1.29, 1.82) is 0 Å². The molecule has 0 spiro atoms. The van der Waals surface area contributed by atoms with Crippen LogP contribution in [0.2, 0.25) is 0 Å². The van der Waals surface area contributed by atoms with Gasteiger partial charge < -0.3 is 23.7 Å². The highest BCUT2D eigenvalue weighted by Crippen LogP contribution is 2.15. The van der Waals surface area contributed by atoms with E-state index in [0.717, 1.165) is 6.42 Å². The monoisotopic (exact) mass is 263 g/mol. The Bertz CT molecular complexity index is 221. The zero-order chi connectivity index (χ0) is 13.4. The van der Waals surface area contributed by atoms with Crippen LogP contribution in [0.3, 0.4) is 0 Å². The lowest BCUT2D eigenvalue weighted by Crippen LogP contribution is -2.41. The van der Waals surface area contributed by atoms with E-state index in [4.69, 9.17) is 23.7 Å². The van der Waals surface area contributed by atoms with Crippen LogP contribution < -0.4 is 5.73 Å². The molecule has 0 rings (SSSR count). The summed E-state index contributed by atoms with van der Waals surface area (Å²) >= 11 is 0. The molecule has 0 aromatic carbocycles. The average Bonchev–Trinajstić information content (AvgIpc) is 2.32. The van der Waals surface area contributed by atoms with Crippen molar-refractivity contribution in [3.63, 3.8) is 0 Å². The molecule has 0 aliphatic heterocycles. The number of rotatable bonds is 9. The van der Waals surface area contributed by atoms with E-state index in [1.165, 1.54) is 0 Å². The van der Waals surface area contributed by atoms with Crippen LogP contribution >= 0.6 is 0 Å². The van der Waals surface area contributed by atoms with Crippen molar-refractivity contribution < 1.29 is 18.0 Å². The quantitative estimate of drug-likeness (QED) is 0.498. The van der Waals surface area contributed by atoms with Crippen molar-refractivity contribution in [3.05, 3.63) is 11.8 Å². The van der Waals surface area contributed by atoms with Gasteiger partial charge in [-0.2, -0.15) is 0 Å². The maximum atomic E-state index is 5.69. The molecule has 0 aromatic rings. The van der Waals surface area contributed by atoms with E-state index in [-0.39, 0.29) is 5.60 Å². The van der Waals surface area contributed by atoms with Crippen molar-refractivity contribution in [3.8, 4) is 0 Å². The molecule has 0 heterocycles. The summed E-state index contributed by atoms with van der Waals surface area (Å²) in [6.07, 6.45) is 2.75. The highest BCUT2D eigenvalue weighted by Gasteiger charge is 2.35. The van der Waals surface area contributed by atoms with Gasteiger partial charge in [0.05, 0.1) is 5.60 Å². The molecule has 0 fully saturated rings. The first-order valence-corrected chi connectivity index (χ1v) is 7.45. The fourth-order valence-electron chi connectivity index (χ4n) is 1.22. The molecule has 0 saturated carbocycles. The highest BCUT2D eigenvalue weighted by atomic mass is 28.4. The first-order chi connectivity index (χ1) is 7.95. The normalized spacial score (nSPS) is 13.5. The average molecular weight is 263 g/mol. The van der Waals surface area contributed by atoms with Gasteiger partial charge in [-0.25, -0.2) is 0 Å². The maximum Gasteiger partial charge on any atom is 0.528 e. The first kappa shape index (κ1) is 16.8. The van der Waals surface area contributed by atoms with Crippen LogP contribution in [0.25, 0.3) is 0 Å². The number of hydrogen-bond acceptors (Lipinski definition) is 5. The van der Waals surface area contributed by atoms with Crippen LogP contribution in [0.1, 0.15) is 20.3 Å². The topological polar surface area (TPSA) is 62.9 Å². The van der Waals surface area contributed by atoms with Crippen LogP contribution in [0.4, 0.5) is 0 Å². The van der Waals surface area contributed by atoms with Crippen LogP contribution in [-0.4, -0.2) is 48.9 Å². The van der Waals surface area contributed by atoms with Crippen LogP contribution in [0.15, 0.2) is 11.8 Å². The lowest BCUT2D eigenvalue weighted by atomic mass is 10.1. The minimum atomic E-state index is -2.66. The molecule has 0 radical (unpaired) electrons. The van der Waals surface area contributed by atoms with Gasteiger partial charge in [-0.3, -0.25) is 0 Å². The number of nitrogens with two attached hydrogens (primary N) is 1. The van der Waals surface area contributed by atoms with Crippen LogP contribution in [-0.2, 0) is 18.0 Å². The molecule has 0 aromatic heterocycles. The molecule has 0 atom stereocenters. The standard InChI is InChI=1S/C11H25NO4Si/c1-11(2,16-9-6-8-12)7-10-17(13-3,14-4)15-5/h7,10H,6,8-9,12H2,1-5H3/b10-7-. The lowest BCUT2D eigenvalue weighted by molar-refractivity contribution is 0.0188. The predicted octanol–water partition coefficient (Wildman–Crippen LogP) is 1.10. The summed E-state index contributed by atoms with van der Waals surface area (Å²) in [4.78, 5) is 0. The van der Waals surface area contributed by atoms with Crippen LogP contribution in [0, 0.1) is 0 Å². The van der Waals surface area contributed by atoms with Gasteiger partial charge in [0, 0.05) is 27.9 Å². The molecule has 5 nitrogen and oxygen atoms in total. The Labute approximate surface area is 105 Å². The third-order valence-electron chi connectivity index (χ3n) is 2.36.